The van der Waals surface area contributed by atoms with E-state index in [1.807, 2.05) is 0 Å². The number of halogens is 4. The Balaban J connectivity index is 4.59. The van der Waals surface area contributed by atoms with Crippen LogP contribution < -0.4 is 0 Å². The Kier molecular flexibility index (Phi) is 2.47. The Morgan fingerprint density at radius 3 is 1.73 bits per heavy atom. The summed E-state index contributed by atoms with van der Waals surface area (Å²) in [5.74, 6) is -1.94. The molecule has 0 spiro atoms. The fourth-order valence-corrected chi connectivity index (χ4v) is 0.212. The van der Waals surface area contributed by atoms with Crippen molar-refractivity contribution in [2.24, 2.45) is 5.41 Å². The smallest absolute Gasteiger partial charge is 0.254 e. The van der Waals surface area contributed by atoms with Crippen molar-refractivity contribution in [2.45, 2.75) is 20.0 Å². The van der Waals surface area contributed by atoms with Crippen LogP contribution in [0.5, 0.6) is 0 Å². The van der Waals surface area contributed by atoms with E-state index in [1.54, 1.807) is 0 Å². The average molecular weight is 174 g/mol. The van der Waals surface area contributed by atoms with Gasteiger partial charge >= 0.3 is 12.1 Å². The topological polar surface area (TPSA) is 26.3 Å². The zero-order chi connectivity index (χ0) is 9.28. The van der Waals surface area contributed by atoms with E-state index in [9.17, 15) is 22.5 Å². The predicted octanol–water partition coefficient (Wildman–Crippen LogP) is 2.00. The van der Waals surface area contributed by atoms with Crippen molar-refractivity contribution in [2.75, 3.05) is 0 Å². The lowest BCUT2D eigenvalue weighted by Crippen LogP contribution is -2.39. The summed E-state index contributed by atoms with van der Waals surface area (Å²) in [4.78, 5) is 12.6. The Labute approximate surface area is 60.0 Å². The minimum atomic E-state index is -4.80. The number of hydrogen-bond acceptors (Lipinski definition) is 2. The molecule has 0 atom stereocenters. The molecule has 11 heavy (non-hydrogen) atoms. The highest BCUT2D eigenvalue weighted by Crippen LogP contribution is 2.38. The van der Waals surface area contributed by atoms with Crippen molar-refractivity contribution in [1.82, 2.24) is 0 Å². The van der Waals surface area contributed by atoms with Crippen LogP contribution in [-0.4, -0.2) is 12.1 Å². The Morgan fingerprint density at radius 2 is 1.64 bits per heavy atom. The summed E-state index contributed by atoms with van der Waals surface area (Å²) in [7, 11) is 0. The third-order valence-corrected chi connectivity index (χ3v) is 1.29. The van der Waals surface area contributed by atoms with Gasteiger partial charge in [-0.05, 0) is 13.8 Å². The average Bonchev–Trinajstić information content (AvgIpc) is 1.83. The quantitative estimate of drug-likeness (QED) is 0.568. The predicted molar refractivity (Wildman–Crippen MR) is 27.0 cm³/mol. The van der Waals surface area contributed by atoms with Gasteiger partial charge in [-0.3, -0.25) is 4.94 Å². The molecule has 0 bridgehead atoms. The zero-order valence-electron chi connectivity index (χ0n) is 5.83. The monoisotopic (exact) mass is 174 g/mol. The lowest BCUT2D eigenvalue weighted by atomic mass is 9.93. The summed E-state index contributed by atoms with van der Waals surface area (Å²) in [5.41, 5.74) is -2.79. The van der Waals surface area contributed by atoms with Crippen molar-refractivity contribution in [3.8, 4) is 0 Å². The molecule has 0 aliphatic heterocycles. The van der Waals surface area contributed by atoms with Gasteiger partial charge in [0.2, 0.25) is 0 Å². The van der Waals surface area contributed by atoms with Crippen molar-refractivity contribution in [1.29, 1.82) is 0 Å². The van der Waals surface area contributed by atoms with Gasteiger partial charge < -0.3 is 0 Å². The van der Waals surface area contributed by atoms with Gasteiger partial charge in [-0.2, -0.15) is 13.2 Å². The molecule has 0 N–H and O–H groups in total. The molecular formula is C5H6F4O2. The molecule has 0 unspecified atom stereocenters. The maximum absolute atomic E-state index is 11.8. The van der Waals surface area contributed by atoms with Crippen molar-refractivity contribution in [3.63, 3.8) is 0 Å². The molecular weight excluding hydrogens is 168 g/mol. The van der Waals surface area contributed by atoms with Crippen LogP contribution in [0.15, 0.2) is 0 Å². The molecule has 0 aromatic heterocycles. The second-order valence-electron chi connectivity index (χ2n) is 2.49. The maximum Gasteiger partial charge on any atom is 0.404 e. The van der Waals surface area contributed by atoms with Gasteiger partial charge in [0, 0.05) is 4.53 Å². The summed E-state index contributed by atoms with van der Waals surface area (Å²) < 4.78 is 46.5. The molecule has 0 aliphatic rings. The van der Waals surface area contributed by atoms with E-state index in [1.165, 1.54) is 0 Å². The van der Waals surface area contributed by atoms with E-state index in [2.05, 4.69) is 4.94 Å². The third-order valence-electron chi connectivity index (χ3n) is 1.29. The highest BCUT2D eigenvalue weighted by atomic mass is 19.4. The van der Waals surface area contributed by atoms with E-state index >= 15 is 0 Å². The third kappa shape index (κ3) is 1.81. The molecule has 2 nitrogen and oxygen atoms in total. The molecule has 0 aromatic carbocycles. The fourth-order valence-electron chi connectivity index (χ4n) is 0.212. The van der Waals surface area contributed by atoms with Crippen molar-refractivity contribution < 1.29 is 27.4 Å². The molecule has 0 saturated heterocycles. The van der Waals surface area contributed by atoms with E-state index in [0.29, 0.717) is 13.8 Å². The number of rotatable bonds is 1. The summed E-state index contributed by atoms with van der Waals surface area (Å²) in [5, 5.41) is 0. The van der Waals surface area contributed by atoms with Crippen LogP contribution in [0.3, 0.4) is 0 Å². The summed E-state index contributed by atoms with van der Waals surface area (Å²) in [6.07, 6.45) is -4.80. The minimum Gasteiger partial charge on any atom is -0.254 e. The first-order chi connectivity index (χ1) is 4.73. The molecule has 0 heterocycles. The van der Waals surface area contributed by atoms with Gasteiger partial charge in [-0.25, -0.2) is 4.79 Å². The molecule has 0 radical (unpaired) electrons. The Morgan fingerprint density at radius 1 is 1.27 bits per heavy atom. The molecule has 0 rings (SSSR count). The van der Waals surface area contributed by atoms with E-state index < -0.39 is 17.6 Å². The number of carbonyl (C=O) groups excluding carboxylic acids is 1. The van der Waals surface area contributed by atoms with Crippen LogP contribution in [0.4, 0.5) is 17.7 Å². The van der Waals surface area contributed by atoms with Crippen molar-refractivity contribution in [3.05, 3.63) is 0 Å². The van der Waals surface area contributed by atoms with Crippen LogP contribution in [0.25, 0.3) is 0 Å². The summed E-state index contributed by atoms with van der Waals surface area (Å²) >= 11 is 0. The van der Waals surface area contributed by atoms with Crippen LogP contribution in [0.2, 0.25) is 0 Å². The molecule has 0 aromatic rings. The molecule has 66 valence electrons. The number of alkyl halides is 3. The largest absolute Gasteiger partial charge is 0.404 e. The van der Waals surface area contributed by atoms with Crippen LogP contribution >= 0.6 is 0 Å². The van der Waals surface area contributed by atoms with Crippen LogP contribution in [0, 0.1) is 5.41 Å². The second-order valence-corrected chi connectivity index (χ2v) is 2.49. The Hall–Kier alpha value is -0.810. The lowest BCUT2D eigenvalue weighted by Gasteiger charge is -2.22. The second kappa shape index (κ2) is 2.67. The first kappa shape index (κ1) is 10.2. The highest BCUT2D eigenvalue weighted by molar-refractivity contribution is 5.76. The van der Waals surface area contributed by atoms with E-state index in [-0.39, 0.29) is 0 Å². The van der Waals surface area contributed by atoms with Gasteiger partial charge in [0.05, 0.1) is 0 Å². The summed E-state index contributed by atoms with van der Waals surface area (Å²) in [6, 6.07) is 0. The molecule has 0 aliphatic carbocycles. The van der Waals surface area contributed by atoms with Crippen molar-refractivity contribution >= 4 is 5.97 Å². The van der Waals surface area contributed by atoms with Crippen LogP contribution in [-0.2, 0) is 9.74 Å². The maximum atomic E-state index is 11.8. The standard InChI is InChI=1S/C5H6F4O2/c1-4(2,3(10)11-9)5(6,7)8/h1-2H3. The van der Waals surface area contributed by atoms with Gasteiger partial charge in [0.15, 0.2) is 5.41 Å². The number of hydrogen-bond donors (Lipinski definition) is 0. The lowest BCUT2D eigenvalue weighted by molar-refractivity contribution is -0.246. The SMILES string of the molecule is CC(C)(C(=O)OF)C(F)(F)F. The molecule has 6 heteroatoms. The van der Waals surface area contributed by atoms with Gasteiger partial charge in [-0.1, -0.05) is 0 Å². The van der Waals surface area contributed by atoms with Crippen LogP contribution in [0.1, 0.15) is 13.8 Å². The minimum absolute atomic E-state index is 0.537. The Bertz CT molecular complexity index is 160. The molecule has 0 amide bonds. The molecule has 0 saturated carbocycles. The summed E-state index contributed by atoms with van der Waals surface area (Å²) in [6.45, 7) is 1.07. The zero-order valence-corrected chi connectivity index (χ0v) is 5.83. The normalized spacial score (nSPS) is 12.9. The van der Waals surface area contributed by atoms with Gasteiger partial charge in [0.1, 0.15) is 0 Å². The van der Waals surface area contributed by atoms with Gasteiger partial charge in [0.25, 0.3) is 0 Å². The first-order valence-corrected chi connectivity index (χ1v) is 2.63. The number of carbonyl (C=O) groups is 1. The van der Waals surface area contributed by atoms with E-state index in [0.717, 1.165) is 0 Å². The first-order valence-electron chi connectivity index (χ1n) is 2.63. The highest BCUT2D eigenvalue weighted by Gasteiger charge is 2.54. The van der Waals surface area contributed by atoms with Gasteiger partial charge in [-0.15, -0.1) is 0 Å². The molecule has 0 fully saturated rings. The van der Waals surface area contributed by atoms with E-state index in [4.69, 9.17) is 0 Å². The fraction of sp³-hybridized carbons (Fsp3) is 0.800.